The van der Waals surface area contributed by atoms with Gasteiger partial charge in [-0.05, 0) is 30.3 Å². The molecule has 4 N–H and O–H groups in total. The van der Waals surface area contributed by atoms with E-state index < -0.39 is 23.7 Å². The van der Waals surface area contributed by atoms with Crippen molar-refractivity contribution in [3.8, 4) is 0 Å². The van der Waals surface area contributed by atoms with Gasteiger partial charge in [0.1, 0.15) is 17.3 Å². The smallest absolute Gasteiger partial charge is 0.274 e. The number of pyridine rings is 1. The molecule has 1 aromatic carbocycles. The number of hydrogen-bond acceptors (Lipinski definition) is 5. The monoisotopic (exact) mass is 363 g/mol. The number of anilines is 1. The summed E-state index contributed by atoms with van der Waals surface area (Å²) in [6.07, 6.45) is -1.55. The SMILES string of the molecule is NC1=NC(c2cc(NC(=O)c3ccccn3)ccc2F)(C(F)F)CNC1. The molecular formula is C17H16F3N5O. The number of benzene rings is 1. The maximum absolute atomic E-state index is 14.4. The quantitative estimate of drug-likeness (QED) is 0.774. The van der Waals surface area contributed by atoms with Crippen LogP contribution in [0.4, 0.5) is 18.9 Å². The van der Waals surface area contributed by atoms with Gasteiger partial charge in [0, 0.05) is 24.0 Å². The van der Waals surface area contributed by atoms with Crippen molar-refractivity contribution in [1.82, 2.24) is 10.3 Å². The van der Waals surface area contributed by atoms with Crippen LogP contribution in [0.15, 0.2) is 47.6 Å². The number of aliphatic imine (C=N–C) groups is 1. The molecule has 0 saturated carbocycles. The zero-order valence-corrected chi connectivity index (χ0v) is 13.5. The molecule has 26 heavy (non-hydrogen) atoms. The van der Waals surface area contributed by atoms with Crippen molar-refractivity contribution in [2.24, 2.45) is 10.7 Å². The highest BCUT2D eigenvalue weighted by molar-refractivity contribution is 6.02. The van der Waals surface area contributed by atoms with Crippen molar-refractivity contribution in [1.29, 1.82) is 0 Å². The molecule has 2 aromatic rings. The fourth-order valence-corrected chi connectivity index (χ4v) is 2.74. The minimum absolute atomic E-state index is 0.0427. The normalized spacial score (nSPS) is 19.9. The third-order valence-electron chi connectivity index (χ3n) is 3.99. The predicted molar refractivity (Wildman–Crippen MR) is 90.8 cm³/mol. The molecule has 2 heterocycles. The lowest BCUT2D eigenvalue weighted by molar-refractivity contribution is 0.0491. The zero-order valence-electron chi connectivity index (χ0n) is 13.5. The van der Waals surface area contributed by atoms with Crippen LogP contribution >= 0.6 is 0 Å². The second-order valence-corrected chi connectivity index (χ2v) is 5.80. The van der Waals surface area contributed by atoms with Gasteiger partial charge in [-0.2, -0.15) is 0 Å². The molecular weight excluding hydrogens is 347 g/mol. The summed E-state index contributed by atoms with van der Waals surface area (Å²) in [5.41, 5.74) is 3.38. The van der Waals surface area contributed by atoms with E-state index in [1.165, 1.54) is 18.3 Å². The van der Waals surface area contributed by atoms with Gasteiger partial charge in [0.15, 0.2) is 5.54 Å². The summed E-state index contributed by atoms with van der Waals surface area (Å²) in [5, 5.41) is 5.24. The number of aromatic nitrogens is 1. The molecule has 0 bridgehead atoms. The number of nitrogens with two attached hydrogens (primary N) is 1. The molecule has 1 atom stereocenters. The molecule has 0 radical (unpaired) electrons. The maximum Gasteiger partial charge on any atom is 0.274 e. The second-order valence-electron chi connectivity index (χ2n) is 5.80. The van der Waals surface area contributed by atoms with Crippen molar-refractivity contribution in [3.05, 3.63) is 59.7 Å². The Balaban J connectivity index is 1.97. The average Bonchev–Trinajstić information content (AvgIpc) is 2.63. The van der Waals surface area contributed by atoms with E-state index in [1.54, 1.807) is 12.1 Å². The van der Waals surface area contributed by atoms with Crippen molar-refractivity contribution in [2.75, 3.05) is 18.4 Å². The van der Waals surface area contributed by atoms with Crippen LogP contribution in [0.5, 0.6) is 0 Å². The minimum atomic E-state index is -3.00. The Hall–Kier alpha value is -2.94. The molecule has 0 fully saturated rings. The highest BCUT2D eigenvalue weighted by atomic mass is 19.3. The van der Waals surface area contributed by atoms with Gasteiger partial charge in [0.2, 0.25) is 0 Å². The molecule has 1 unspecified atom stereocenters. The van der Waals surface area contributed by atoms with E-state index >= 15 is 0 Å². The highest BCUT2D eigenvalue weighted by Gasteiger charge is 2.45. The van der Waals surface area contributed by atoms with E-state index in [4.69, 9.17) is 5.73 Å². The van der Waals surface area contributed by atoms with Gasteiger partial charge in [0.05, 0.1) is 6.54 Å². The van der Waals surface area contributed by atoms with Crippen LogP contribution in [0, 0.1) is 5.82 Å². The van der Waals surface area contributed by atoms with Gasteiger partial charge in [-0.3, -0.25) is 14.8 Å². The van der Waals surface area contributed by atoms with Crippen LogP contribution in [0.3, 0.4) is 0 Å². The molecule has 0 spiro atoms. The number of hydrogen-bond donors (Lipinski definition) is 3. The Morgan fingerprint density at radius 3 is 2.77 bits per heavy atom. The minimum Gasteiger partial charge on any atom is -0.386 e. The van der Waals surface area contributed by atoms with E-state index in [0.717, 1.165) is 12.1 Å². The first-order valence-corrected chi connectivity index (χ1v) is 7.78. The topological polar surface area (TPSA) is 92.4 Å². The number of amidine groups is 1. The van der Waals surface area contributed by atoms with Crippen LogP contribution < -0.4 is 16.4 Å². The summed E-state index contributed by atoms with van der Waals surface area (Å²) >= 11 is 0. The molecule has 0 aliphatic carbocycles. The molecule has 1 aromatic heterocycles. The summed E-state index contributed by atoms with van der Waals surface area (Å²) in [6, 6.07) is 8.21. The van der Waals surface area contributed by atoms with Crippen LogP contribution in [0.2, 0.25) is 0 Å². The third-order valence-corrected chi connectivity index (χ3v) is 3.99. The number of amides is 1. The lowest BCUT2D eigenvalue weighted by Gasteiger charge is -2.34. The lowest BCUT2D eigenvalue weighted by Crippen LogP contribution is -2.51. The number of carbonyl (C=O) groups excluding carboxylic acids is 1. The molecule has 1 aliphatic rings. The Kier molecular flexibility index (Phi) is 4.90. The number of alkyl halides is 2. The zero-order chi connectivity index (χ0) is 18.7. The standard InChI is InChI=1S/C17H16F3N5O/c18-12-5-4-10(24-15(26)13-3-1-2-6-23-13)7-11(12)17(16(19)20)9-22-8-14(21)25-17/h1-7,16,22H,8-9H2,(H2,21,25)(H,24,26). The van der Waals surface area contributed by atoms with E-state index in [0.29, 0.717) is 0 Å². The van der Waals surface area contributed by atoms with Gasteiger partial charge >= 0.3 is 0 Å². The fourth-order valence-electron chi connectivity index (χ4n) is 2.74. The van der Waals surface area contributed by atoms with Crippen LogP contribution in [0.25, 0.3) is 0 Å². The number of halogens is 3. The van der Waals surface area contributed by atoms with E-state index in [2.05, 4.69) is 20.6 Å². The fraction of sp³-hybridized carbons (Fsp3) is 0.235. The van der Waals surface area contributed by atoms with Gasteiger partial charge < -0.3 is 16.4 Å². The van der Waals surface area contributed by atoms with Gasteiger partial charge in [0.25, 0.3) is 12.3 Å². The average molecular weight is 363 g/mol. The van der Waals surface area contributed by atoms with E-state index in [1.807, 2.05) is 0 Å². The first kappa shape index (κ1) is 17.9. The van der Waals surface area contributed by atoms with Crippen LogP contribution in [-0.4, -0.2) is 36.2 Å². The first-order chi connectivity index (χ1) is 12.4. The summed E-state index contributed by atoms with van der Waals surface area (Å²) < 4.78 is 42.0. The number of carbonyl (C=O) groups is 1. The predicted octanol–water partition coefficient (Wildman–Crippen LogP) is 1.89. The Labute approximate surface area is 147 Å². The third kappa shape index (κ3) is 3.38. The second kappa shape index (κ2) is 7.12. The molecule has 136 valence electrons. The van der Waals surface area contributed by atoms with Crippen molar-refractivity contribution < 1.29 is 18.0 Å². The summed E-state index contributed by atoms with van der Waals surface area (Å²) in [6.45, 7) is -0.133. The van der Waals surface area contributed by atoms with Crippen LogP contribution in [0.1, 0.15) is 16.1 Å². The summed E-state index contributed by atoms with van der Waals surface area (Å²) in [5.74, 6) is -1.45. The number of nitrogens with one attached hydrogen (secondary N) is 2. The van der Waals surface area contributed by atoms with Crippen molar-refractivity contribution in [2.45, 2.75) is 12.0 Å². The summed E-state index contributed by atoms with van der Waals surface area (Å²) in [7, 11) is 0. The number of nitrogens with zero attached hydrogens (tertiary/aromatic N) is 2. The Morgan fingerprint density at radius 2 is 2.12 bits per heavy atom. The molecule has 1 amide bonds. The van der Waals surface area contributed by atoms with E-state index in [-0.39, 0.29) is 35.9 Å². The molecule has 6 nitrogen and oxygen atoms in total. The van der Waals surface area contributed by atoms with Crippen LogP contribution in [-0.2, 0) is 5.54 Å². The molecule has 9 heteroatoms. The van der Waals surface area contributed by atoms with Gasteiger partial charge in [-0.25, -0.2) is 13.2 Å². The Morgan fingerprint density at radius 1 is 1.31 bits per heavy atom. The molecule has 0 saturated heterocycles. The van der Waals surface area contributed by atoms with Crippen molar-refractivity contribution in [3.63, 3.8) is 0 Å². The maximum atomic E-state index is 14.4. The van der Waals surface area contributed by atoms with Gasteiger partial charge in [-0.15, -0.1) is 0 Å². The Bertz CT molecular complexity index is 844. The first-order valence-electron chi connectivity index (χ1n) is 7.78. The van der Waals surface area contributed by atoms with Crippen molar-refractivity contribution >= 4 is 17.4 Å². The molecule has 3 rings (SSSR count). The van der Waals surface area contributed by atoms with Gasteiger partial charge in [-0.1, -0.05) is 6.07 Å². The largest absolute Gasteiger partial charge is 0.386 e. The number of rotatable bonds is 4. The lowest BCUT2D eigenvalue weighted by atomic mass is 9.88. The molecule has 1 aliphatic heterocycles. The summed E-state index contributed by atoms with van der Waals surface area (Å²) in [4.78, 5) is 19.9. The van der Waals surface area contributed by atoms with E-state index in [9.17, 15) is 18.0 Å². The highest BCUT2D eigenvalue weighted by Crippen LogP contribution is 2.36.